The Bertz CT molecular complexity index is 1370. The number of allylic oxidation sites excluding steroid dienone is 2. The molecule has 0 spiro atoms. The maximum absolute atomic E-state index is 13.7. The summed E-state index contributed by atoms with van der Waals surface area (Å²) >= 11 is 0. The first-order chi connectivity index (χ1) is 19.7. The van der Waals surface area contributed by atoms with Crippen LogP contribution in [0.15, 0.2) is 65.3 Å². The fourth-order valence-corrected chi connectivity index (χ4v) is 6.40. The summed E-state index contributed by atoms with van der Waals surface area (Å²) in [6.07, 6.45) is 5.34. The Morgan fingerprint density at radius 2 is 1.85 bits per heavy atom. The summed E-state index contributed by atoms with van der Waals surface area (Å²) < 4.78 is 0. The molecular weight excluding hydrogens is 524 g/mol. The van der Waals surface area contributed by atoms with Gasteiger partial charge in [-0.2, -0.15) is 0 Å². The van der Waals surface area contributed by atoms with Gasteiger partial charge in [-0.3, -0.25) is 19.7 Å². The highest BCUT2D eigenvalue weighted by Crippen LogP contribution is 2.48. The number of aromatic hydroxyl groups is 1. The number of carbonyl (C=O) groups is 2. The smallest absolute Gasteiger partial charge is 0.271 e. The minimum atomic E-state index is -0.922. The Morgan fingerprint density at radius 1 is 1.10 bits per heavy atom. The quantitative estimate of drug-likeness (QED) is 0.133. The lowest BCUT2D eigenvalue weighted by molar-refractivity contribution is -0.384. The number of phenolic OH excluding ortho intramolecular Hbond substituents is 1. The number of aliphatic hydroxyl groups is 2. The van der Waals surface area contributed by atoms with Gasteiger partial charge in [0.2, 0.25) is 11.8 Å². The van der Waals surface area contributed by atoms with Crippen molar-refractivity contribution >= 4 is 29.3 Å². The van der Waals surface area contributed by atoms with Crippen LogP contribution in [0.25, 0.3) is 6.08 Å². The van der Waals surface area contributed by atoms with Crippen LogP contribution >= 0.6 is 0 Å². The van der Waals surface area contributed by atoms with E-state index in [4.69, 9.17) is 0 Å². The normalized spacial score (nSPS) is 21.8. The van der Waals surface area contributed by atoms with E-state index in [-0.39, 0.29) is 17.1 Å². The van der Waals surface area contributed by atoms with Crippen LogP contribution in [0.5, 0.6) is 5.75 Å². The number of rotatable bonds is 12. The van der Waals surface area contributed by atoms with E-state index >= 15 is 0 Å². The number of anilines is 1. The number of benzene rings is 2. The molecule has 3 N–H and O–H groups in total. The summed E-state index contributed by atoms with van der Waals surface area (Å²) in [5, 5.41) is 43.6. The van der Waals surface area contributed by atoms with Crippen LogP contribution in [0, 0.1) is 27.9 Å². The molecule has 1 fully saturated rings. The van der Waals surface area contributed by atoms with Crippen molar-refractivity contribution in [2.75, 3.05) is 11.5 Å². The Balaban J connectivity index is 1.62. The minimum Gasteiger partial charge on any atom is -0.507 e. The van der Waals surface area contributed by atoms with Crippen LogP contribution in [0.1, 0.15) is 64.4 Å². The molecule has 1 heterocycles. The maximum Gasteiger partial charge on any atom is 0.271 e. The SMILES string of the molecule is CCCC1=C([C@H](O)CC/C(=C/c2ccccc2O)CCC)[C@H](CO)[C@@H]2C(=O)N(c3cccc([N+](=O)[O-])c3)C(=O)[C@@H]2C1. The molecule has 4 rings (SSSR count). The van der Waals surface area contributed by atoms with Gasteiger partial charge < -0.3 is 15.3 Å². The van der Waals surface area contributed by atoms with Gasteiger partial charge in [0, 0.05) is 23.6 Å². The van der Waals surface area contributed by atoms with Crippen LogP contribution in [0.4, 0.5) is 11.4 Å². The summed E-state index contributed by atoms with van der Waals surface area (Å²) in [7, 11) is 0. The van der Waals surface area contributed by atoms with Gasteiger partial charge in [0.1, 0.15) is 5.75 Å². The number of carbonyl (C=O) groups excluding carboxylic acids is 2. The summed E-state index contributed by atoms with van der Waals surface area (Å²) in [6, 6.07) is 12.5. The van der Waals surface area contributed by atoms with E-state index < -0.39 is 47.2 Å². The third-order valence-electron chi connectivity index (χ3n) is 8.20. The molecule has 41 heavy (non-hydrogen) atoms. The zero-order valence-electron chi connectivity index (χ0n) is 23.5. The van der Waals surface area contributed by atoms with Crippen molar-refractivity contribution in [2.24, 2.45) is 17.8 Å². The average Bonchev–Trinajstić information content (AvgIpc) is 3.21. The number of fused-ring (bicyclic) bond motifs is 1. The number of amides is 2. The third-order valence-corrected chi connectivity index (χ3v) is 8.20. The van der Waals surface area contributed by atoms with E-state index in [1.165, 1.54) is 24.3 Å². The summed E-state index contributed by atoms with van der Waals surface area (Å²) in [5.41, 5.74) is 3.22. The van der Waals surface area contributed by atoms with Crippen molar-refractivity contribution < 1.29 is 29.8 Å². The Labute approximate surface area is 240 Å². The molecule has 2 amide bonds. The highest BCUT2D eigenvalue weighted by Gasteiger charge is 2.55. The van der Waals surface area contributed by atoms with Gasteiger partial charge in [-0.05, 0) is 49.8 Å². The highest BCUT2D eigenvalue weighted by atomic mass is 16.6. The molecule has 0 radical (unpaired) electrons. The number of aliphatic hydroxyl groups excluding tert-OH is 2. The first kappa shape index (κ1) is 30.1. The van der Waals surface area contributed by atoms with Crippen LogP contribution < -0.4 is 4.90 Å². The number of nitro benzene ring substituents is 1. The van der Waals surface area contributed by atoms with Crippen molar-refractivity contribution in [3.8, 4) is 5.75 Å². The Kier molecular flexibility index (Phi) is 9.73. The number of hydrogen-bond donors (Lipinski definition) is 3. The van der Waals surface area contributed by atoms with Crippen LogP contribution in [-0.2, 0) is 9.59 Å². The molecule has 0 saturated carbocycles. The third kappa shape index (κ3) is 6.26. The maximum atomic E-state index is 13.7. The van der Waals surface area contributed by atoms with E-state index in [0.717, 1.165) is 35.3 Å². The van der Waals surface area contributed by atoms with Crippen molar-refractivity contribution in [2.45, 2.75) is 64.9 Å². The number of nitro groups is 1. The standard InChI is InChI=1S/C32H38N2O7/c1-3-8-20(16-21-10-5-6-13-27(21)36)14-15-28(37)29-22(9-4-2)17-25-30(26(29)19-35)32(39)33(31(25)38)23-11-7-12-24(18-23)34(40)41/h5-7,10-13,16,18,25-26,28,30,35-37H,3-4,8-9,14-15,17,19H2,1-2H3/b20-16+/t25-,26+,28-,30-/m1/s1. The van der Waals surface area contributed by atoms with Gasteiger partial charge in [0.05, 0.1) is 35.2 Å². The van der Waals surface area contributed by atoms with Gasteiger partial charge in [-0.25, -0.2) is 4.90 Å². The minimum absolute atomic E-state index is 0.137. The van der Waals surface area contributed by atoms with Crippen LogP contribution in [-0.4, -0.2) is 44.8 Å². The van der Waals surface area contributed by atoms with Crippen molar-refractivity contribution in [1.29, 1.82) is 0 Å². The van der Waals surface area contributed by atoms with Gasteiger partial charge in [-0.1, -0.05) is 68.2 Å². The topological polar surface area (TPSA) is 141 Å². The number of nitrogens with zero attached hydrogens (tertiary/aromatic N) is 2. The lowest BCUT2D eigenvalue weighted by Crippen LogP contribution is -2.39. The van der Waals surface area contributed by atoms with E-state index in [9.17, 15) is 35.0 Å². The Morgan fingerprint density at radius 3 is 2.51 bits per heavy atom. The number of imide groups is 1. The van der Waals surface area contributed by atoms with Crippen molar-refractivity contribution in [3.05, 3.63) is 80.9 Å². The largest absolute Gasteiger partial charge is 0.507 e. The monoisotopic (exact) mass is 562 g/mol. The zero-order chi connectivity index (χ0) is 29.7. The molecule has 1 aliphatic carbocycles. The zero-order valence-corrected chi connectivity index (χ0v) is 23.5. The molecule has 4 atom stereocenters. The lowest BCUT2D eigenvalue weighted by Gasteiger charge is -2.36. The van der Waals surface area contributed by atoms with Crippen LogP contribution in [0.3, 0.4) is 0 Å². The van der Waals surface area contributed by atoms with Crippen LogP contribution in [0.2, 0.25) is 0 Å². The van der Waals surface area contributed by atoms with Gasteiger partial charge >= 0.3 is 0 Å². The van der Waals surface area contributed by atoms with E-state index in [0.29, 0.717) is 36.8 Å². The molecule has 1 aliphatic heterocycles. The fourth-order valence-electron chi connectivity index (χ4n) is 6.40. The molecule has 9 nitrogen and oxygen atoms in total. The summed E-state index contributed by atoms with van der Waals surface area (Å²) in [6.45, 7) is 3.66. The summed E-state index contributed by atoms with van der Waals surface area (Å²) in [4.78, 5) is 39.0. The molecule has 0 bridgehead atoms. The first-order valence-electron chi connectivity index (χ1n) is 14.3. The molecule has 0 unspecified atom stereocenters. The van der Waals surface area contributed by atoms with Gasteiger partial charge in [0.25, 0.3) is 5.69 Å². The highest BCUT2D eigenvalue weighted by molar-refractivity contribution is 6.22. The molecule has 218 valence electrons. The predicted molar refractivity (Wildman–Crippen MR) is 156 cm³/mol. The van der Waals surface area contributed by atoms with E-state index in [2.05, 4.69) is 6.92 Å². The predicted octanol–water partition coefficient (Wildman–Crippen LogP) is 5.54. The lowest BCUT2D eigenvalue weighted by atomic mass is 9.67. The summed E-state index contributed by atoms with van der Waals surface area (Å²) in [5.74, 6) is -3.05. The second kappa shape index (κ2) is 13.2. The number of para-hydroxylation sites is 1. The number of non-ortho nitro benzene ring substituents is 1. The number of phenols is 1. The molecular formula is C32H38N2O7. The molecule has 2 aromatic carbocycles. The fraction of sp³-hybridized carbons (Fsp3) is 0.438. The second-order valence-electron chi connectivity index (χ2n) is 10.9. The average molecular weight is 563 g/mol. The van der Waals surface area contributed by atoms with E-state index in [1.807, 2.05) is 25.1 Å². The Hall–Kier alpha value is -3.82. The molecule has 2 aromatic rings. The van der Waals surface area contributed by atoms with Crippen molar-refractivity contribution in [3.63, 3.8) is 0 Å². The van der Waals surface area contributed by atoms with Crippen molar-refractivity contribution in [1.82, 2.24) is 0 Å². The van der Waals surface area contributed by atoms with E-state index in [1.54, 1.807) is 12.1 Å². The number of hydrogen-bond acceptors (Lipinski definition) is 7. The van der Waals surface area contributed by atoms with Gasteiger partial charge in [0.15, 0.2) is 0 Å². The first-order valence-corrected chi connectivity index (χ1v) is 14.3. The molecule has 1 saturated heterocycles. The molecule has 2 aliphatic rings. The van der Waals surface area contributed by atoms with Gasteiger partial charge in [-0.15, -0.1) is 0 Å². The molecule has 9 heteroatoms. The second-order valence-corrected chi connectivity index (χ2v) is 10.9. The molecule has 0 aromatic heterocycles.